The predicted molar refractivity (Wildman–Crippen MR) is 54.3 cm³/mol. The summed E-state index contributed by atoms with van der Waals surface area (Å²) in [6.07, 6.45) is -0.431. The Labute approximate surface area is 91.9 Å². The van der Waals surface area contributed by atoms with Crippen molar-refractivity contribution in [1.82, 2.24) is 0 Å². The Morgan fingerprint density at radius 1 is 1.38 bits per heavy atom. The van der Waals surface area contributed by atoms with E-state index in [4.69, 9.17) is 14.2 Å². The van der Waals surface area contributed by atoms with Gasteiger partial charge in [-0.2, -0.15) is 0 Å². The van der Waals surface area contributed by atoms with Crippen LogP contribution in [0.25, 0.3) is 0 Å². The molecule has 1 aliphatic heterocycles. The highest BCUT2D eigenvalue weighted by molar-refractivity contribution is 5.45. The molecular weight excluding hydrogens is 214 g/mol. The SMILES string of the molecule is O=[N+]([O-])c1ccccc1OCC1OCCO1. The summed E-state index contributed by atoms with van der Waals surface area (Å²) in [7, 11) is 0. The van der Waals surface area contributed by atoms with Crippen LogP contribution in [-0.2, 0) is 9.47 Å². The van der Waals surface area contributed by atoms with Gasteiger partial charge in [-0.05, 0) is 6.07 Å². The van der Waals surface area contributed by atoms with Gasteiger partial charge < -0.3 is 14.2 Å². The highest BCUT2D eigenvalue weighted by Gasteiger charge is 2.19. The van der Waals surface area contributed by atoms with Gasteiger partial charge in [-0.15, -0.1) is 0 Å². The molecule has 0 unspecified atom stereocenters. The largest absolute Gasteiger partial charge is 0.481 e. The third-order valence-electron chi connectivity index (χ3n) is 2.13. The number of nitrogens with zero attached hydrogens (tertiary/aromatic N) is 1. The molecule has 1 aromatic carbocycles. The average molecular weight is 225 g/mol. The van der Waals surface area contributed by atoms with Crippen LogP contribution in [0.15, 0.2) is 24.3 Å². The van der Waals surface area contributed by atoms with E-state index in [1.54, 1.807) is 18.2 Å². The number of hydrogen-bond acceptors (Lipinski definition) is 5. The van der Waals surface area contributed by atoms with Crippen molar-refractivity contribution < 1.29 is 19.1 Å². The van der Waals surface area contributed by atoms with Crippen molar-refractivity contribution in [2.75, 3.05) is 19.8 Å². The fourth-order valence-corrected chi connectivity index (χ4v) is 1.39. The molecule has 0 N–H and O–H groups in total. The molecule has 0 radical (unpaired) electrons. The first kappa shape index (κ1) is 10.8. The highest BCUT2D eigenvalue weighted by Crippen LogP contribution is 2.26. The van der Waals surface area contributed by atoms with Crippen LogP contribution in [0.1, 0.15) is 0 Å². The van der Waals surface area contributed by atoms with Gasteiger partial charge in [-0.25, -0.2) is 0 Å². The van der Waals surface area contributed by atoms with Crippen molar-refractivity contribution in [3.63, 3.8) is 0 Å². The molecule has 0 aliphatic carbocycles. The molecule has 0 aromatic heterocycles. The molecule has 0 bridgehead atoms. The summed E-state index contributed by atoms with van der Waals surface area (Å²) in [6, 6.07) is 6.21. The fourth-order valence-electron chi connectivity index (χ4n) is 1.39. The zero-order chi connectivity index (χ0) is 11.4. The predicted octanol–water partition coefficient (Wildman–Crippen LogP) is 1.35. The van der Waals surface area contributed by atoms with E-state index in [0.717, 1.165) is 0 Å². The van der Waals surface area contributed by atoms with Crippen LogP contribution >= 0.6 is 0 Å². The Balaban J connectivity index is 2.00. The Bertz CT molecular complexity index is 375. The highest BCUT2D eigenvalue weighted by atomic mass is 16.7. The molecule has 16 heavy (non-hydrogen) atoms. The van der Waals surface area contributed by atoms with Gasteiger partial charge in [0, 0.05) is 6.07 Å². The van der Waals surface area contributed by atoms with E-state index in [9.17, 15) is 10.1 Å². The minimum atomic E-state index is -0.480. The molecule has 0 spiro atoms. The van der Waals surface area contributed by atoms with Gasteiger partial charge in [0.1, 0.15) is 6.61 Å². The molecule has 1 aliphatic rings. The number of benzene rings is 1. The number of rotatable bonds is 4. The van der Waals surface area contributed by atoms with Crippen LogP contribution < -0.4 is 4.74 Å². The maximum absolute atomic E-state index is 10.7. The molecular formula is C10H11NO5. The quantitative estimate of drug-likeness (QED) is 0.571. The maximum Gasteiger partial charge on any atom is 0.310 e. The van der Waals surface area contributed by atoms with Gasteiger partial charge in [-0.1, -0.05) is 12.1 Å². The first-order valence-corrected chi connectivity index (χ1v) is 4.87. The van der Waals surface area contributed by atoms with Crippen LogP contribution in [0, 0.1) is 10.1 Å². The van der Waals surface area contributed by atoms with Crippen LogP contribution in [0.3, 0.4) is 0 Å². The lowest BCUT2D eigenvalue weighted by Gasteiger charge is -2.10. The number of nitro benzene ring substituents is 1. The fraction of sp³-hybridized carbons (Fsp3) is 0.400. The molecule has 6 heteroatoms. The monoisotopic (exact) mass is 225 g/mol. The van der Waals surface area contributed by atoms with Gasteiger partial charge in [0.15, 0.2) is 12.0 Å². The number of hydrogen-bond donors (Lipinski definition) is 0. The maximum atomic E-state index is 10.7. The number of ether oxygens (including phenoxy) is 3. The molecule has 86 valence electrons. The summed E-state index contributed by atoms with van der Waals surface area (Å²) in [4.78, 5) is 10.2. The lowest BCUT2D eigenvalue weighted by molar-refractivity contribution is -0.386. The minimum absolute atomic E-state index is 0.0551. The Hall–Kier alpha value is -1.66. The van der Waals surface area contributed by atoms with Crippen molar-refractivity contribution in [3.8, 4) is 5.75 Å². The van der Waals surface area contributed by atoms with Crippen molar-refractivity contribution in [1.29, 1.82) is 0 Å². The standard InChI is InChI=1S/C10H11NO5/c12-11(13)8-3-1-2-4-9(8)16-7-10-14-5-6-15-10/h1-4,10H,5-7H2. The van der Waals surface area contributed by atoms with Gasteiger partial charge in [-0.3, -0.25) is 10.1 Å². The Kier molecular flexibility index (Phi) is 3.33. The summed E-state index contributed by atoms with van der Waals surface area (Å²) in [5.41, 5.74) is -0.0551. The normalized spacial score (nSPS) is 16.2. The first-order valence-electron chi connectivity index (χ1n) is 4.87. The molecule has 1 fully saturated rings. The topological polar surface area (TPSA) is 70.8 Å². The van der Waals surface area contributed by atoms with E-state index < -0.39 is 11.2 Å². The molecule has 6 nitrogen and oxygen atoms in total. The van der Waals surface area contributed by atoms with Crippen LogP contribution in [-0.4, -0.2) is 31.0 Å². The Morgan fingerprint density at radius 3 is 2.75 bits per heavy atom. The average Bonchev–Trinajstić information content (AvgIpc) is 2.79. The minimum Gasteiger partial charge on any atom is -0.481 e. The number of para-hydroxylation sites is 2. The third-order valence-corrected chi connectivity index (χ3v) is 2.13. The second-order valence-corrected chi connectivity index (χ2v) is 3.21. The number of nitro groups is 1. The zero-order valence-corrected chi connectivity index (χ0v) is 8.50. The smallest absolute Gasteiger partial charge is 0.310 e. The van der Waals surface area contributed by atoms with Gasteiger partial charge in [0.2, 0.25) is 0 Å². The summed E-state index contributed by atoms with van der Waals surface area (Å²) in [5, 5.41) is 10.7. The molecule has 0 atom stereocenters. The molecule has 1 aromatic rings. The molecule has 0 saturated carbocycles. The molecule has 2 rings (SSSR count). The third kappa shape index (κ3) is 2.47. The summed E-state index contributed by atoms with van der Waals surface area (Å²) < 4.78 is 15.6. The summed E-state index contributed by atoms with van der Waals surface area (Å²) >= 11 is 0. The van der Waals surface area contributed by atoms with E-state index in [2.05, 4.69) is 0 Å². The van der Waals surface area contributed by atoms with Crippen molar-refractivity contribution >= 4 is 5.69 Å². The van der Waals surface area contributed by atoms with E-state index in [1.165, 1.54) is 6.07 Å². The van der Waals surface area contributed by atoms with Crippen LogP contribution in [0.5, 0.6) is 5.75 Å². The Morgan fingerprint density at radius 2 is 2.06 bits per heavy atom. The van der Waals surface area contributed by atoms with E-state index in [-0.39, 0.29) is 18.0 Å². The second-order valence-electron chi connectivity index (χ2n) is 3.21. The van der Waals surface area contributed by atoms with Gasteiger partial charge in [0.25, 0.3) is 0 Å². The molecule has 0 amide bonds. The van der Waals surface area contributed by atoms with Gasteiger partial charge >= 0.3 is 5.69 Å². The van der Waals surface area contributed by atoms with Crippen LogP contribution in [0.2, 0.25) is 0 Å². The zero-order valence-electron chi connectivity index (χ0n) is 8.50. The lowest BCUT2D eigenvalue weighted by atomic mass is 10.3. The van der Waals surface area contributed by atoms with Crippen LogP contribution in [0.4, 0.5) is 5.69 Å². The summed E-state index contributed by atoms with van der Waals surface area (Å²) in [5.74, 6) is 0.228. The van der Waals surface area contributed by atoms with E-state index >= 15 is 0 Å². The van der Waals surface area contributed by atoms with Crippen molar-refractivity contribution in [2.24, 2.45) is 0 Å². The van der Waals surface area contributed by atoms with E-state index in [1.807, 2.05) is 0 Å². The second kappa shape index (κ2) is 4.91. The van der Waals surface area contributed by atoms with Crippen molar-refractivity contribution in [2.45, 2.75) is 6.29 Å². The lowest BCUT2D eigenvalue weighted by Crippen LogP contribution is -2.18. The van der Waals surface area contributed by atoms with E-state index in [0.29, 0.717) is 13.2 Å². The summed E-state index contributed by atoms with van der Waals surface area (Å²) in [6.45, 7) is 1.22. The first-order chi connectivity index (χ1) is 7.77. The molecule has 1 heterocycles. The van der Waals surface area contributed by atoms with Gasteiger partial charge in [0.05, 0.1) is 18.1 Å². The molecule has 1 saturated heterocycles. The van der Waals surface area contributed by atoms with Crippen molar-refractivity contribution in [3.05, 3.63) is 34.4 Å².